The molecule has 1 aliphatic rings. The minimum Gasteiger partial charge on any atom is -0.481 e. The van der Waals surface area contributed by atoms with Gasteiger partial charge in [-0.2, -0.15) is 5.26 Å². The molecule has 1 saturated heterocycles. The first-order valence-corrected chi connectivity index (χ1v) is 7.60. The van der Waals surface area contributed by atoms with Crippen LogP contribution < -0.4 is 5.32 Å². The zero-order valence-electron chi connectivity index (χ0n) is 12.4. The van der Waals surface area contributed by atoms with Gasteiger partial charge in [0.15, 0.2) is 0 Å². The third kappa shape index (κ3) is 4.01. The highest BCUT2D eigenvalue weighted by molar-refractivity contribution is 6.30. The molecule has 0 aromatic heterocycles. The molecule has 1 unspecified atom stereocenters. The number of nitriles is 1. The Bertz CT molecular complexity index is 635. The molecule has 0 saturated carbocycles. The predicted molar refractivity (Wildman–Crippen MR) is 83.0 cm³/mol. The number of carboxylic acids is 1. The Morgan fingerprint density at radius 2 is 2.17 bits per heavy atom. The van der Waals surface area contributed by atoms with Gasteiger partial charge in [-0.3, -0.25) is 9.59 Å². The van der Waals surface area contributed by atoms with Crippen molar-refractivity contribution in [3.8, 4) is 6.07 Å². The molecule has 23 heavy (non-hydrogen) atoms. The maximum Gasteiger partial charge on any atom is 0.305 e. The molecule has 7 heteroatoms. The molecule has 1 amide bonds. The summed E-state index contributed by atoms with van der Waals surface area (Å²) in [6.07, 6.45) is 1.30. The molecule has 1 heterocycles. The highest BCUT2D eigenvalue weighted by atomic mass is 35.5. The Labute approximate surface area is 139 Å². The van der Waals surface area contributed by atoms with Crippen molar-refractivity contribution < 1.29 is 19.4 Å². The van der Waals surface area contributed by atoms with Gasteiger partial charge in [0.25, 0.3) is 0 Å². The number of halogens is 1. The smallest absolute Gasteiger partial charge is 0.305 e. The van der Waals surface area contributed by atoms with E-state index in [1.54, 1.807) is 18.2 Å². The SMILES string of the molecule is N#CC1(c2cc(Cl)cc(C(CC(=O)O)NC=O)c2)CCOCC1. The van der Waals surface area contributed by atoms with Crippen molar-refractivity contribution in [2.24, 2.45) is 0 Å². The lowest BCUT2D eigenvalue weighted by molar-refractivity contribution is -0.137. The van der Waals surface area contributed by atoms with E-state index < -0.39 is 17.4 Å². The summed E-state index contributed by atoms with van der Waals surface area (Å²) in [6, 6.07) is 6.74. The molecule has 0 bridgehead atoms. The molecule has 0 radical (unpaired) electrons. The quantitative estimate of drug-likeness (QED) is 0.775. The lowest BCUT2D eigenvalue weighted by Crippen LogP contribution is -2.32. The van der Waals surface area contributed by atoms with Gasteiger partial charge in [0, 0.05) is 18.2 Å². The van der Waals surface area contributed by atoms with Crippen molar-refractivity contribution in [3.05, 3.63) is 34.3 Å². The summed E-state index contributed by atoms with van der Waals surface area (Å²) < 4.78 is 5.33. The van der Waals surface area contributed by atoms with Crippen LogP contribution in [0.4, 0.5) is 0 Å². The highest BCUT2D eigenvalue weighted by Crippen LogP contribution is 2.37. The first-order valence-electron chi connectivity index (χ1n) is 7.22. The normalized spacial score (nSPS) is 17.7. The second-order valence-electron chi connectivity index (χ2n) is 5.51. The van der Waals surface area contributed by atoms with E-state index >= 15 is 0 Å². The maximum absolute atomic E-state index is 11.0. The zero-order chi connectivity index (χ0) is 16.9. The van der Waals surface area contributed by atoms with E-state index in [2.05, 4.69) is 11.4 Å². The largest absolute Gasteiger partial charge is 0.481 e. The number of nitrogens with zero attached hydrogens (tertiary/aromatic N) is 1. The van der Waals surface area contributed by atoms with Crippen molar-refractivity contribution in [3.63, 3.8) is 0 Å². The Kier molecular flexibility index (Phi) is 5.59. The highest BCUT2D eigenvalue weighted by Gasteiger charge is 2.35. The average molecular weight is 337 g/mol. The molecule has 2 N–H and O–H groups in total. The number of carboxylic acid groups (broad SMARTS) is 1. The number of hydrogen-bond acceptors (Lipinski definition) is 4. The van der Waals surface area contributed by atoms with E-state index in [-0.39, 0.29) is 6.42 Å². The monoisotopic (exact) mass is 336 g/mol. The fraction of sp³-hybridized carbons (Fsp3) is 0.438. The van der Waals surface area contributed by atoms with E-state index in [1.807, 2.05) is 0 Å². The van der Waals surface area contributed by atoms with Crippen LogP contribution in [0.3, 0.4) is 0 Å². The Morgan fingerprint density at radius 3 is 2.74 bits per heavy atom. The van der Waals surface area contributed by atoms with Gasteiger partial charge >= 0.3 is 5.97 Å². The van der Waals surface area contributed by atoms with Gasteiger partial charge in [-0.1, -0.05) is 17.7 Å². The molecule has 122 valence electrons. The number of carbonyl (C=O) groups excluding carboxylic acids is 1. The van der Waals surface area contributed by atoms with Crippen LogP contribution in [0.5, 0.6) is 0 Å². The van der Waals surface area contributed by atoms with Crippen LogP contribution in [-0.2, 0) is 19.7 Å². The Morgan fingerprint density at radius 1 is 1.48 bits per heavy atom. The van der Waals surface area contributed by atoms with Crippen molar-refractivity contribution in [1.82, 2.24) is 5.32 Å². The minimum absolute atomic E-state index is 0.263. The average Bonchev–Trinajstić information content (AvgIpc) is 2.54. The fourth-order valence-electron chi connectivity index (χ4n) is 2.80. The van der Waals surface area contributed by atoms with Crippen LogP contribution in [0, 0.1) is 11.3 Å². The van der Waals surface area contributed by atoms with Crippen LogP contribution in [0.1, 0.15) is 36.4 Å². The summed E-state index contributed by atoms with van der Waals surface area (Å²) in [6.45, 7) is 0.973. The zero-order valence-corrected chi connectivity index (χ0v) is 13.2. The van der Waals surface area contributed by atoms with E-state index in [1.165, 1.54) is 0 Å². The fourth-order valence-corrected chi connectivity index (χ4v) is 3.05. The van der Waals surface area contributed by atoms with E-state index in [4.69, 9.17) is 21.4 Å². The van der Waals surface area contributed by atoms with Gasteiger partial charge in [0.1, 0.15) is 0 Å². The molecule has 1 aromatic carbocycles. The summed E-state index contributed by atoms with van der Waals surface area (Å²) in [5.74, 6) is -1.04. The van der Waals surface area contributed by atoms with E-state index in [0.717, 1.165) is 5.56 Å². The number of nitrogens with one attached hydrogen (secondary N) is 1. The van der Waals surface area contributed by atoms with Gasteiger partial charge in [-0.15, -0.1) is 0 Å². The lowest BCUT2D eigenvalue weighted by Gasteiger charge is -2.32. The summed E-state index contributed by atoms with van der Waals surface area (Å²) in [4.78, 5) is 21.7. The van der Waals surface area contributed by atoms with Crippen molar-refractivity contribution in [2.75, 3.05) is 13.2 Å². The summed E-state index contributed by atoms with van der Waals surface area (Å²) in [5, 5.41) is 21.5. The Balaban J connectivity index is 2.43. The number of amides is 1. The van der Waals surface area contributed by atoms with Crippen LogP contribution in [0.25, 0.3) is 0 Å². The molecule has 1 aliphatic heterocycles. The number of rotatable bonds is 6. The molecule has 6 nitrogen and oxygen atoms in total. The second-order valence-corrected chi connectivity index (χ2v) is 5.95. The Hall–Kier alpha value is -2.10. The molecular formula is C16H17ClN2O4. The maximum atomic E-state index is 11.0. The number of hydrogen-bond donors (Lipinski definition) is 2. The van der Waals surface area contributed by atoms with Crippen LogP contribution in [0.2, 0.25) is 5.02 Å². The third-order valence-corrected chi connectivity index (χ3v) is 4.30. The summed E-state index contributed by atoms with van der Waals surface area (Å²) in [5.41, 5.74) is 0.601. The number of aliphatic carboxylic acids is 1. The summed E-state index contributed by atoms with van der Waals surface area (Å²) >= 11 is 6.16. The molecular weight excluding hydrogens is 320 g/mol. The number of carbonyl (C=O) groups is 2. The number of ether oxygens (including phenoxy) is 1. The van der Waals surface area contributed by atoms with Gasteiger partial charge in [-0.25, -0.2) is 0 Å². The predicted octanol–water partition coefficient (Wildman–Crippen LogP) is 2.17. The summed E-state index contributed by atoms with van der Waals surface area (Å²) in [7, 11) is 0. The molecule has 1 aromatic rings. The van der Waals surface area contributed by atoms with Crippen molar-refractivity contribution in [2.45, 2.75) is 30.7 Å². The van der Waals surface area contributed by atoms with Gasteiger partial charge < -0.3 is 15.2 Å². The van der Waals surface area contributed by atoms with Crippen LogP contribution in [0.15, 0.2) is 18.2 Å². The van der Waals surface area contributed by atoms with Crippen LogP contribution in [-0.4, -0.2) is 30.7 Å². The standard InChI is InChI=1S/C16H17ClN2O4/c17-13-6-11(14(19-10-20)8-15(21)22)5-12(7-13)16(9-18)1-3-23-4-2-16/h5-7,10,14H,1-4,8H2,(H,19,20)(H,21,22). The molecule has 0 spiro atoms. The van der Waals surface area contributed by atoms with Crippen molar-refractivity contribution in [1.29, 1.82) is 5.26 Å². The molecule has 0 aliphatic carbocycles. The number of benzene rings is 1. The van der Waals surface area contributed by atoms with Crippen LogP contribution >= 0.6 is 11.6 Å². The second kappa shape index (κ2) is 7.44. The lowest BCUT2D eigenvalue weighted by atomic mass is 9.75. The minimum atomic E-state index is -1.04. The topological polar surface area (TPSA) is 99.4 Å². The first kappa shape index (κ1) is 17.3. The van der Waals surface area contributed by atoms with E-state index in [0.29, 0.717) is 43.1 Å². The van der Waals surface area contributed by atoms with Crippen molar-refractivity contribution >= 4 is 24.0 Å². The van der Waals surface area contributed by atoms with Gasteiger partial charge in [0.2, 0.25) is 6.41 Å². The molecule has 1 atom stereocenters. The first-order chi connectivity index (χ1) is 11.0. The van der Waals surface area contributed by atoms with E-state index in [9.17, 15) is 14.9 Å². The van der Waals surface area contributed by atoms with Gasteiger partial charge in [0.05, 0.1) is 23.9 Å². The molecule has 2 rings (SSSR count). The third-order valence-electron chi connectivity index (χ3n) is 4.08. The van der Waals surface area contributed by atoms with Gasteiger partial charge in [-0.05, 0) is 36.1 Å². The molecule has 1 fully saturated rings.